The zero-order valence-corrected chi connectivity index (χ0v) is 15.4. The number of aromatic nitrogens is 1. The lowest BCUT2D eigenvalue weighted by molar-refractivity contribution is -0.140. The fourth-order valence-corrected chi connectivity index (χ4v) is 3.59. The average Bonchev–Trinajstić information content (AvgIpc) is 3.04. The first-order valence-corrected chi connectivity index (χ1v) is 8.61. The van der Waals surface area contributed by atoms with Crippen LogP contribution in [0.4, 0.5) is 5.13 Å². The quantitative estimate of drug-likeness (QED) is 0.870. The fraction of sp³-hybridized carbons (Fsp3) is 0.412. The van der Waals surface area contributed by atoms with Gasteiger partial charge >= 0.3 is 0 Å². The number of aryl methyl sites for hydroxylation is 1. The van der Waals surface area contributed by atoms with Gasteiger partial charge < -0.3 is 10.1 Å². The maximum absolute atomic E-state index is 12.6. The Hall–Kier alpha value is -1.47. The maximum atomic E-state index is 12.6. The molecule has 2 heterocycles. The highest BCUT2D eigenvalue weighted by Gasteiger charge is 2.40. The zero-order chi connectivity index (χ0) is 16.3. The van der Waals surface area contributed by atoms with Crippen molar-refractivity contribution in [3.63, 3.8) is 0 Å². The molecule has 2 N–H and O–H groups in total. The van der Waals surface area contributed by atoms with Gasteiger partial charge in [-0.3, -0.25) is 10.1 Å². The number of halogens is 1. The molecule has 1 aromatic carbocycles. The third kappa shape index (κ3) is 3.78. The summed E-state index contributed by atoms with van der Waals surface area (Å²) >= 11 is 1.44. The van der Waals surface area contributed by atoms with E-state index >= 15 is 0 Å². The maximum Gasteiger partial charge on any atom is 0.258 e. The highest BCUT2D eigenvalue weighted by molar-refractivity contribution is 7.14. The van der Waals surface area contributed by atoms with Gasteiger partial charge in [0.25, 0.3) is 5.91 Å². The molecule has 7 heteroatoms. The summed E-state index contributed by atoms with van der Waals surface area (Å²) in [6.45, 7) is 3.63. The van der Waals surface area contributed by atoms with Crippen LogP contribution in [-0.4, -0.2) is 36.7 Å². The highest BCUT2D eigenvalue weighted by Crippen LogP contribution is 2.29. The van der Waals surface area contributed by atoms with E-state index in [2.05, 4.69) is 28.6 Å². The number of piperidine rings is 1. The van der Waals surface area contributed by atoms with E-state index in [0.29, 0.717) is 18.0 Å². The second-order valence-electron chi connectivity index (χ2n) is 5.76. The van der Waals surface area contributed by atoms with Crippen molar-refractivity contribution in [3.8, 4) is 11.3 Å². The van der Waals surface area contributed by atoms with Crippen LogP contribution in [0.2, 0.25) is 0 Å². The Morgan fingerprint density at radius 3 is 2.71 bits per heavy atom. The molecule has 0 saturated carbocycles. The molecule has 1 fully saturated rings. The van der Waals surface area contributed by atoms with Crippen molar-refractivity contribution < 1.29 is 9.53 Å². The highest BCUT2D eigenvalue weighted by atomic mass is 35.5. The van der Waals surface area contributed by atoms with Gasteiger partial charge in [-0.15, -0.1) is 23.7 Å². The third-order valence-electron chi connectivity index (χ3n) is 4.36. The molecule has 3 rings (SSSR count). The van der Waals surface area contributed by atoms with Gasteiger partial charge in [0.1, 0.15) is 5.60 Å². The third-order valence-corrected chi connectivity index (χ3v) is 5.12. The topological polar surface area (TPSA) is 63.2 Å². The molecule has 2 aromatic rings. The van der Waals surface area contributed by atoms with E-state index in [9.17, 15) is 4.79 Å². The molecule has 24 heavy (non-hydrogen) atoms. The van der Waals surface area contributed by atoms with Crippen molar-refractivity contribution in [1.29, 1.82) is 0 Å². The van der Waals surface area contributed by atoms with E-state index < -0.39 is 5.60 Å². The van der Waals surface area contributed by atoms with Gasteiger partial charge in [-0.05, 0) is 38.4 Å². The van der Waals surface area contributed by atoms with Crippen LogP contribution in [-0.2, 0) is 9.53 Å². The van der Waals surface area contributed by atoms with E-state index in [4.69, 9.17) is 4.74 Å². The summed E-state index contributed by atoms with van der Waals surface area (Å²) in [5, 5.41) is 8.77. The Morgan fingerprint density at radius 2 is 2.04 bits per heavy atom. The number of hydrogen-bond acceptors (Lipinski definition) is 5. The van der Waals surface area contributed by atoms with Crippen molar-refractivity contribution in [2.24, 2.45) is 0 Å². The minimum atomic E-state index is -0.750. The number of benzene rings is 1. The van der Waals surface area contributed by atoms with Gasteiger partial charge in [0.05, 0.1) is 5.69 Å². The van der Waals surface area contributed by atoms with Crippen LogP contribution in [0.5, 0.6) is 0 Å². The summed E-state index contributed by atoms with van der Waals surface area (Å²) in [4.78, 5) is 17.2. The van der Waals surface area contributed by atoms with Crippen molar-refractivity contribution >= 4 is 34.8 Å². The number of nitrogens with zero attached hydrogens (tertiary/aromatic N) is 1. The summed E-state index contributed by atoms with van der Waals surface area (Å²) in [5.74, 6) is -0.104. The van der Waals surface area contributed by atoms with Crippen molar-refractivity contribution in [1.82, 2.24) is 10.3 Å². The molecule has 1 aliphatic rings. The van der Waals surface area contributed by atoms with Gasteiger partial charge in [0.15, 0.2) is 5.13 Å². The van der Waals surface area contributed by atoms with E-state index in [1.807, 2.05) is 23.6 Å². The first-order chi connectivity index (χ1) is 11.1. The van der Waals surface area contributed by atoms with Crippen LogP contribution >= 0.6 is 23.7 Å². The van der Waals surface area contributed by atoms with Crippen LogP contribution in [0.1, 0.15) is 18.4 Å². The number of carbonyl (C=O) groups is 1. The monoisotopic (exact) mass is 367 g/mol. The van der Waals surface area contributed by atoms with Gasteiger partial charge in [-0.25, -0.2) is 4.98 Å². The van der Waals surface area contributed by atoms with Crippen molar-refractivity contribution in [2.75, 3.05) is 25.5 Å². The largest absolute Gasteiger partial charge is 0.368 e. The Morgan fingerprint density at radius 1 is 1.33 bits per heavy atom. The lowest BCUT2D eigenvalue weighted by atomic mass is 9.91. The second-order valence-corrected chi connectivity index (χ2v) is 6.61. The van der Waals surface area contributed by atoms with Crippen molar-refractivity contribution in [3.05, 3.63) is 35.2 Å². The van der Waals surface area contributed by atoms with Crippen LogP contribution in [0.3, 0.4) is 0 Å². The SMILES string of the molecule is COC1(C(=O)Nc2nc(-c3ccccc3C)cs2)CCNCC1.Cl. The Balaban J connectivity index is 0.00000208. The van der Waals surface area contributed by atoms with Crippen LogP contribution in [0.15, 0.2) is 29.6 Å². The number of amides is 1. The number of methoxy groups -OCH3 is 1. The number of ether oxygens (including phenoxy) is 1. The van der Waals surface area contributed by atoms with Crippen molar-refractivity contribution in [2.45, 2.75) is 25.4 Å². The minimum Gasteiger partial charge on any atom is -0.368 e. The fourth-order valence-electron chi connectivity index (χ4n) is 2.88. The van der Waals surface area contributed by atoms with E-state index in [1.165, 1.54) is 16.9 Å². The number of rotatable bonds is 4. The normalized spacial score (nSPS) is 16.2. The molecule has 0 aliphatic carbocycles. The Kier molecular flexibility index (Phi) is 6.34. The molecular weight excluding hydrogens is 346 g/mol. The summed E-state index contributed by atoms with van der Waals surface area (Å²) in [7, 11) is 1.60. The lowest BCUT2D eigenvalue weighted by Crippen LogP contribution is -2.51. The van der Waals surface area contributed by atoms with Gasteiger partial charge in [-0.2, -0.15) is 0 Å². The second kappa shape index (κ2) is 8.07. The molecule has 1 saturated heterocycles. The van der Waals surface area contributed by atoms with Crippen LogP contribution in [0, 0.1) is 6.92 Å². The predicted octanol–water partition coefficient (Wildman–Crippen LogP) is 3.25. The standard InChI is InChI=1S/C17H21N3O2S.ClH/c1-12-5-3-4-6-13(12)14-11-23-16(19-14)20-15(21)17(22-2)7-9-18-10-8-17;/h3-6,11,18H,7-10H2,1-2H3,(H,19,20,21);1H. The summed E-state index contributed by atoms with van der Waals surface area (Å²) in [6, 6.07) is 8.10. The first-order valence-electron chi connectivity index (χ1n) is 7.73. The number of anilines is 1. The molecule has 1 amide bonds. The Labute approximate surface area is 152 Å². The Bertz CT molecular complexity index is 699. The molecule has 5 nitrogen and oxygen atoms in total. The summed E-state index contributed by atoms with van der Waals surface area (Å²) in [6.07, 6.45) is 1.34. The smallest absolute Gasteiger partial charge is 0.258 e. The summed E-state index contributed by atoms with van der Waals surface area (Å²) in [5.41, 5.74) is 2.40. The minimum absolute atomic E-state index is 0. The van der Waals surface area contributed by atoms with E-state index in [0.717, 1.165) is 24.3 Å². The lowest BCUT2D eigenvalue weighted by Gasteiger charge is -2.34. The predicted molar refractivity (Wildman–Crippen MR) is 100 cm³/mol. The molecule has 0 bridgehead atoms. The first kappa shape index (κ1) is 18.9. The van der Waals surface area contributed by atoms with Crippen LogP contribution < -0.4 is 10.6 Å². The zero-order valence-electron chi connectivity index (χ0n) is 13.8. The average molecular weight is 368 g/mol. The molecule has 0 radical (unpaired) electrons. The van der Waals surface area contributed by atoms with E-state index in [1.54, 1.807) is 7.11 Å². The van der Waals surface area contributed by atoms with Gasteiger partial charge in [0.2, 0.25) is 0 Å². The van der Waals surface area contributed by atoms with E-state index in [-0.39, 0.29) is 18.3 Å². The van der Waals surface area contributed by atoms with Crippen LogP contribution in [0.25, 0.3) is 11.3 Å². The van der Waals surface area contributed by atoms with Gasteiger partial charge in [-0.1, -0.05) is 24.3 Å². The van der Waals surface area contributed by atoms with Gasteiger partial charge in [0, 0.05) is 18.1 Å². The molecule has 130 valence electrons. The molecule has 0 spiro atoms. The molecule has 0 atom stereocenters. The number of carbonyl (C=O) groups excluding carboxylic acids is 1. The number of thiazole rings is 1. The number of nitrogens with one attached hydrogen (secondary N) is 2. The molecule has 1 aliphatic heterocycles. The molecular formula is C17H22ClN3O2S. The number of hydrogen-bond donors (Lipinski definition) is 2. The summed E-state index contributed by atoms with van der Waals surface area (Å²) < 4.78 is 5.55. The molecule has 0 unspecified atom stereocenters. The molecule has 1 aromatic heterocycles.